The van der Waals surface area contributed by atoms with Crippen LogP contribution in [0.3, 0.4) is 0 Å². The quantitative estimate of drug-likeness (QED) is 0.598. The van der Waals surface area contributed by atoms with Crippen LogP contribution in [0.5, 0.6) is 0 Å². The summed E-state index contributed by atoms with van der Waals surface area (Å²) in [4.78, 5) is 14.5. The van der Waals surface area contributed by atoms with Crippen LogP contribution >= 0.6 is 15.9 Å². The number of amides is 1. The second kappa shape index (κ2) is 6.50. The van der Waals surface area contributed by atoms with E-state index in [1.165, 1.54) is 0 Å². The zero-order chi connectivity index (χ0) is 19.0. The van der Waals surface area contributed by atoms with Crippen LogP contribution in [0.4, 0.5) is 26.3 Å². The minimum atomic E-state index is -4.98. The van der Waals surface area contributed by atoms with Gasteiger partial charge in [-0.3, -0.25) is 4.79 Å². The lowest BCUT2D eigenvalue weighted by atomic mass is 10.0. The van der Waals surface area contributed by atoms with Crippen molar-refractivity contribution in [3.8, 4) is 11.4 Å². The largest absolute Gasteiger partial charge is 0.416 e. The summed E-state index contributed by atoms with van der Waals surface area (Å²) < 4.78 is 77.8. The molecule has 2 rings (SSSR count). The Morgan fingerprint density at radius 1 is 1.08 bits per heavy atom. The predicted molar refractivity (Wildman–Crippen MR) is 77.9 cm³/mol. The van der Waals surface area contributed by atoms with E-state index in [0.717, 1.165) is 17.2 Å². The molecule has 0 unspecified atom stereocenters. The molecule has 25 heavy (non-hydrogen) atoms. The summed E-state index contributed by atoms with van der Waals surface area (Å²) >= 11 is 2.82. The summed E-state index contributed by atoms with van der Waals surface area (Å²) in [5, 5.41) is 3.71. The fourth-order valence-electron chi connectivity index (χ4n) is 1.73. The first-order valence-corrected chi connectivity index (χ1v) is 7.05. The topological polar surface area (TPSA) is 73.8 Å². The third-order valence-electron chi connectivity index (χ3n) is 2.84. The van der Waals surface area contributed by atoms with Gasteiger partial charge in [0.05, 0.1) is 17.3 Å². The number of benzene rings is 1. The lowest BCUT2D eigenvalue weighted by Crippen LogP contribution is -2.11. The van der Waals surface area contributed by atoms with Crippen molar-refractivity contribution in [1.82, 2.24) is 14.8 Å². The molecule has 2 aromatic rings. The van der Waals surface area contributed by atoms with Crippen LogP contribution in [0.1, 0.15) is 11.1 Å². The molecule has 0 fully saturated rings. The summed E-state index contributed by atoms with van der Waals surface area (Å²) in [7, 11) is 0. The molecule has 134 valence electrons. The van der Waals surface area contributed by atoms with Gasteiger partial charge in [0, 0.05) is 5.56 Å². The summed E-state index contributed by atoms with van der Waals surface area (Å²) in [6.07, 6.45) is -7.91. The number of carbonyl (C=O) groups excluding carboxylic acids is 1. The first kappa shape index (κ1) is 19.0. The number of hydrogen-bond donors (Lipinski definition) is 1. The van der Waals surface area contributed by atoms with Crippen molar-refractivity contribution in [1.29, 1.82) is 0 Å². The number of hydrogen-bond acceptors (Lipinski definition) is 3. The Kier molecular flexibility index (Phi) is 4.93. The Morgan fingerprint density at radius 2 is 1.60 bits per heavy atom. The number of primary amides is 1. The van der Waals surface area contributed by atoms with Crippen LogP contribution in [0.25, 0.3) is 17.6 Å². The number of alkyl halides is 6. The van der Waals surface area contributed by atoms with Crippen LogP contribution in [0, 0.1) is 0 Å². The van der Waals surface area contributed by atoms with E-state index in [9.17, 15) is 31.1 Å². The number of nitrogens with two attached hydrogens (primary N) is 1. The predicted octanol–water partition coefficient (Wildman–Crippen LogP) is 3.66. The lowest BCUT2D eigenvalue weighted by Gasteiger charge is -2.13. The zero-order valence-electron chi connectivity index (χ0n) is 11.9. The molecule has 1 heterocycles. The van der Waals surface area contributed by atoms with E-state index in [1.54, 1.807) is 0 Å². The van der Waals surface area contributed by atoms with Gasteiger partial charge in [-0.15, -0.1) is 5.10 Å². The molecule has 2 N–H and O–H groups in total. The van der Waals surface area contributed by atoms with E-state index in [-0.39, 0.29) is 10.5 Å². The molecule has 0 atom stereocenters. The first-order chi connectivity index (χ1) is 11.4. The Morgan fingerprint density at radius 3 is 2.04 bits per heavy atom. The molecule has 12 heteroatoms. The smallest absolute Gasteiger partial charge is 0.365 e. The van der Waals surface area contributed by atoms with Crippen molar-refractivity contribution in [2.24, 2.45) is 5.73 Å². The molecule has 0 saturated heterocycles. The number of carbonyl (C=O) groups is 1. The SMILES string of the molecule is NC(=O)C(Br)=Cn1cnc(-c2cc(C(F)(F)F)cc(C(F)(F)F)c2)n1. The third kappa shape index (κ3) is 4.59. The van der Waals surface area contributed by atoms with E-state index in [1.807, 2.05) is 0 Å². The molecule has 0 aliphatic carbocycles. The molecule has 5 nitrogen and oxygen atoms in total. The summed E-state index contributed by atoms with van der Waals surface area (Å²) in [6.45, 7) is 0. The van der Waals surface area contributed by atoms with Crippen LogP contribution in [0.15, 0.2) is 29.0 Å². The number of rotatable bonds is 3. The Labute approximate surface area is 144 Å². The monoisotopic (exact) mass is 428 g/mol. The van der Waals surface area contributed by atoms with Crippen molar-refractivity contribution < 1.29 is 31.1 Å². The minimum Gasteiger partial charge on any atom is -0.365 e. The molecule has 1 aromatic carbocycles. The highest BCUT2D eigenvalue weighted by Crippen LogP contribution is 2.38. The molecule has 0 radical (unpaired) electrons. The summed E-state index contributed by atoms with van der Waals surface area (Å²) in [6, 6.07) is 1.01. The van der Waals surface area contributed by atoms with Crippen molar-refractivity contribution >= 4 is 28.0 Å². The molecule has 0 saturated carbocycles. The van der Waals surface area contributed by atoms with Crippen LogP contribution < -0.4 is 5.73 Å². The van der Waals surface area contributed by atoms with E-state index in [2.05, 4.69) is 26.0 Å². The number of nitrogens with zero attached hydrogens (tertiary/aromatic N) is 3. The zero-order valence-corrected chi connectivity index (χ0v) is 13.4. The van der Waals surface area contributed by atoms with Gasteiger partial charge < -0.3 is 5.73 Å². The fraction of sp³-hybridized carbons (Fsp3) is 0.154. The maximum absolute atomic E-state index is 12.8. The molecule has 0 bridgehead atoms. The molecule has 1 aromatic heterocycles. The van der Waals surface area contributed by atoms with Gasteiger partial charge >= 0.3 is 12.4 Å². The average molecular weight is 429 g/mol. The lowest BCUT2D eigenvalue weighted by molar-refractivity contribution is -0.143. The summed E-state index contributed by atoms with van der Waals surface area (Å²) in [5.74, 6) is -1.24. The van der Waals surface area contributed by atoms with Crippen molar-refractivity contribution in [3.05, 3.63) is 40.1 Å². The van der Waals surface area contributed by atoms with Crippen molar-refractivity contribution in [2.45, 2.75) is 12.4 Å². The molecule has 0 spiro atoms. The van der Waals surface area contributed by atoms with Crippen LogP contribution in [-0.4, -0.2) is 20.7 Å². The highest BCUT2D eigenvalue weighted by molar-refractivity contribution is 9.12. The minimum absolute atomic E-state index is 0.00404. The molecule has 1 amide bonds. The summed E-state index contributed by atoms with van der Waals surface area (Å²) in [5.41, 5.74) is 1.52. The third-order valence-corrected chi connectivity index (χ3v) is 3.43. The van der Waals surface area contributed by atoms with Gasteiger partial charge in [-0.2, -0.15) is 26.3 Å². The Bertz CT molecular complexity index is 808. The standard InChI is InChI=1S/C13H7BrF6N4O/c14-9(10(21)25)4-24-5-22-11(23-24)6-1-7(12(15,16)17)3-8(2-6)13(18,19)20/h1-5H,(H2,21,25). The Balaban J connectivity index is 2.54. The van der Waals surface area contributed by atoms with Gasteiger partial charge in [0.2, 0.25) is 0 Å². The maximum Gasteiger partial charge on any atom is 0.416 e. The first-order valence-electron chi connectivity index (χ1n) is 6.26. The van der Waals surface area contributed by atoms with Gasteiger partial charge in [-0.25, -0.2) is 9.67 Å². The van der Waals surface area contributed by atoms with Gasteiger partial charge in [0.25, 0.3) is 5.91 Å². The van der Waals surface area contributed by atoms with Crippen molar-refractivity contribution in [3.63, 3.8) is 0 Å². The van der Waals surface area contributed by atoms with E-state index in [0.29, 0.717) is 12.1 Å². The van der Waals surface area contributed by atoms with Crippen LogP contribution in [0.2, 0.25) is 0 Å². The number of aromatic nitrogens is 3. The van der Waals surface area contributed by atoms with E-state index in [4.69, 9.17) is 5.73 Å². The normalized spacial score (nSPS) is 13.2. The highest BCUT2D eigenvalue weighted by Gasteiger charge is 2.37. The molecular formula is C13H7BrF6N4O. The molecular weight excluding hydrogens is 422 g/mol. The molecule has 0 aliphatic heterocycles. The van der Waals surface area contributed by atoms with Gasteiger partial charge in [0.15, 0.2) is 5.82 Å². The average Bonchev–Trinajstić information content (AvgIpc) is 2.93. The van der Waals surface area contributed by atoms with Crippen LogP contribution in [-0.2, 0) is 17.1 Å². The second-order valence-corrected chi connectivity index (χ2v) is 5.54. The van der Waals surface area contributed by atoms with E-state index >= 15 is 0 Å². The maximum atomic E-state index is 12.8. The van der Waals surface area contributed by atoms with Crippen molar-refractivity contribution in [2.75, 3.05) is 0 Å². The molecule has 0 aliphatic rings. The fourth-order valence-corrected chi connectivity index (χ4v) is 1.94. The second-order valence-electron chi connectivity index (χ2n) is 4.68. The van der Waals surface area contributed by atoms with Gasteiger partial charge in [-0.1, -0.05) is 0 Å². The van der Waals surface area contributed by atoms with Gasteiger partial charge in [-0.05, 0) is 34.1 Å². The van der Waals surface area contributed by atoms with E-state index < -0.39 is 40.8 Å². The number of halogens is 7. The van der Waals surface area contributed by atoms with Gasteiger partial charge in [0.1, 0.15) is 10.8 Å². The highest BCUT2D eigenvalue weighted by atomic mass is 79.9. The Hall–Kier alpha value is -2.37.